The number of hydrogen-bond donors (Lipinski definition) is 1. The highest BCUT2D eigenvalue weighted by Gasteiger charge is 2.22. The van der Waals surface area contributed by atoms with E-state index < -0.39 is 0 Å². The van der Waals surface area contributed by atoms with Gasteiger partial charge in [0.2, 0.25) is 0 Å². The van der Waals surface area contributed by atoms with E-state index in [-0.39, 0.29) is 5.97 Å². The highest BCUT2D eigenvalue weighted by atomic mass is 16.5. The predicted molar refractivity (Wildman–Crippen MR) is 90.7 cm³/mol. The zero-order valence-electron chi connectivity index (χ0n) is 13.0. The maximum atomic E-state index is 12.0. The molecule has 4 nitrogen and oxygen atoms in total. The molecule has 116 valence electrons. The molecule has 23 heavy (non-hydrogen) atoms. The Hall–Kier alpha value is -2.62. The van der Waals surface area contributed by atoms with Crippen molar-refractivity contribution in [2.24, 2.45) is 0 Å². The van der Waals surface area contributed by atoms with Gasteiger partial charge in [-0.25, -0.2) is 9.78 Å². The first-order valence-corrected chi connectivity index (χ1v) is 7.92. The van der Waals surface area contributed by atoms with Crippen LogP contribution in [0.5, 0.6) is 0 Å². The fraction of sp³-hybridized carbons (Fsp3) is 0.263. The Kier molecular flexibility index (Phi) is 3.37. The lowest BCUT2D eigenvalue weighted by Crippen LogP contribution is -2.10. The van der Waals surface area contributed by atoms with Crippen LogP contribution in [-0.2, 0) is 4.74 Å². The normalized spacial score (nSPS) is 17.7. The maximum Gasteiger partial charge on any atom is 0.356 e. The second-order valence-corrected chi connectivity index (χ2v) is 5.96. The Morgan fingerprint density at radius 2 is 2.13 bits per heavy atom. The molecule has 4 heteroatoms. The third-order valence-electron chi connectivity index (χ3n) is 4.57. The van der Waals surface area contributed by atoms with Crippen molar-refractivity contribution in [2.75, 3.05) is 7.11 Å². The molecule has 0 aliphatic heterocycles. The summed E-state index contributed by atoms with van der Waals surface area (Å²) >= 11 is 0. The average molecular weight is 306 g/mol. The van der Waals surface area contributed by atoms with E-state index in [0.717, 1.165) is 46.8 Å². The molecule has 0 saturated heterocycles. The van der Waals surface area contributed by atoms with Crippen molar-refractivity contribution in [1.29, 1.82) is 0 Å². The molecule has 1 aliphatic carbocycles. The molecule has 1 aromatic carbocycles. The van der Waals surface area contributed by atoms with Gasteiger partial charge in [0.05, 0.1) is 18.3 Å². The molecule has 0 saturated carbocycles. The number of H-pyrrole nitrogens is 1. The van der Waals surface area contributed by atoms with Crippen molar-refractivity contribution in [3.05, 3.63) is 53.9 Å². The van der Waals surface area contributed by atoms with Crippen LogP contribution in [0.1, 0.15) is 41.4 Å². The number of nitrogens with one attached hydrogen (secondary N) is 1. The lowest BCUT2D eigenvalue weighted by atomic mass is 9.90. The third kappa shape index (κ3) is 2.31. The molecule has 0 bridgehead atoms. The monoisotopic (exact) mass is 306 g/mol. The number of para-hydroxylation sites is 1. The van der Waals surface area contributed by atoms with Gasteiger partial charge >= 0.3 is 5.97 Å². The molecule has 3 aromatic rings. The van der Waals surface area contributed by atoms with E-state index in [1.54, 1.807) is 0 Å². The summed E-state index contributed by atoms with van der Waals surface area (Å²) in [6, 6.07) is 9.98. The van der Waals surface area contributed by atoms with Crippen molar-refractivity contribution in [3.8, 4) is 0 Å². The number of hydrogen-bond acceptors (Lipinski definition) is 3. The van der Waals surface area contributed by atoms with Crippen molar-refractivity contribution in [3.63, 3.8) is 0 Å². The Morgan fingerprint density at radius 1 is 1.26 bits per heavy atom. The van der Waals surface area contributed by atoms with Crippen LogP contribution in [0.25, 0.3) is 21.8 Å². The summed E-state index contributed by atoms with van der Waals surface area (Å²) in [5, 5.41) is 2.16. The number of aromatic amines is 1. The number of pyridine rings is 1. The smallest absolute Gasteiger partial charge is 0.356 e. The van der Waals surface area contributed by atoms with Gasteiger partial charge in [0.25, 0.3) is 0 Å². The van der Waals surface area contributed by atoms with E-state index in [0.29, 0.717) is 11.6 Å². The standard InChI is InChI=1S/C19H18N2O2/c1-23-19(22)16-11-14-13-9-5-6-10-15(13)20-18(14)17(21-16)12-7-3-2-4-8-12/h2-3,5-6,9-12,20H,4,7-8H2,1H3. The summed E-state index contributed by atoms with van der Waals surface area (Å²) in [5.41, 5.74) is 3.47. The molecule has 0 fully saturated rings. The number of nitrogens with zero attached hydrogens (tertiary/aromatic N) is 1. The molecule has 1 N–H and O–H groups in total. The number of carbonyl (C=O) groups excluding carboxylic acids is 1. The molecule has 1 aliphatic rings. The van der Waals surface area contributed by atoms with Gasteiger partial charge < -0.3 is 9.72 Å². The fourth-order valence-electron chi connectivity index (χ4n) is 3.42. The van der Waals surface area contributed by atoms with E-state index in [1.807, 2.05) is 18.2 Å². The second-order valence-electron chi connectivity index (χ2n) is 5.96. The van der Waals surface area contributed by atoms with E-state index >= 15 is 0 Å². The Balaban J connectivity index is 2.01. The molecule has 2 heterocycles. The van der Waals surface area contributed by atoms with Gasteiger partial charge in [-0.2, -0.15) is 0 Å². The minimum atomic E-state index is -0.384. The zero-order chi connectivity index (χ0) is 15.8. The van der Waals surface area contributed by atoms with E-state index in [1.165, 1.54) is 7.11 Å². The number of aromatic nitrogens is 2. The minimum absolute atomic E-state index is 0.333. The second kappa shape index (κ2) is 5.54. The van der Waals surface area contributed by atoms with Crippen LogP contribution < -0.4 is 0 Å². The lowest BCUT2D eigenvalue weighted by Gasteiger charge is -2.18. The molecule has 2 aromatic heterocycles. The molecular weight excluding hydrogens is 288 g/mol. The highest BCUT2D eigenvalue weighted by Crippen LogP contribution is 2.35. The maximum absolute atomic E-state index is 12.0. The van der Waals surface area contributed by atoms with Crippen LogP contribution in [0.4, 0.5) is 0 Å². The molecule has 0 radical (unpaired) electrons. The van der Waals surface area contributed by atoms with Crippen molar-refractivity contribution in [1.82, 2.24) is 9.97 Å². The predicted octanol–water partition coefficient (Wildman–Crippen LogP) is 4.33. The van der Waals surface area contributed by atoms with Gasteiger partial charge in [-0.1, -0.05) is 30.4 Å². The summed E-state index contributed by atoms with van der Waals surface area (Å²) < 4.78 is 4.89. The number of rotatable bonds is 2. The van der Waals surface area contributed by atoms with Crippen LogP contribution in [0.2, 0.25) is 0 Å². The van der Waals surface area contributed by atoms with Gasteiger partial charge in [-0.15, -0.1) is 0 Å². The number of allylic oxidation sites excluding steroid dienone is 2. The topological polar surface area (TPSA) is 55.0 Å². The summed E-state index contributed by atoms with van der Waals surface area (Å²) in [6.45, 7) is 0. The third-order valence-corrected chi connectivity index (χ3v) is 4.57. The Labute approximate surface area is 134 Å². The van der Waals surface area contributed by atoms with Gasteiger partial charge in [-0.3, -0.25) is 0 Å². The molecular formula is C19H18N2O2. The average Bonchev–Trinajstić information content (AvgIpc) is 2.99. The minimum Gasteiger partial charge on any atom is -0.464 e. The van der Waals surface area contributed by atoms with E-state index in [4.69, 9.17) is 4.74 Å². The van der Waals surface area contributed by atoms with Crippen LogP contribution in [0, 0.1) is 0 Å². The summed E-state index contributed by atoms with van der Waals surface area (Å²) in [6.07, 6.45) is 7.48. The van der Waals surface area contributed by atoms with E-state index in [9.17, 15) is 4.79 Å². The lowest BCUT2D eigenvalue weighted by molar-refractivity contribution is 0.0594. The molecule has 1 unspecified atom stereocenters. The number of carbonyl (C=O) groups is 1. The first-order valence-electron chi connectivity index (χ1n) is 7.92. The highest BCUT2D eigenvalue weighted by molar-refractivity contribution is 6.09. The van der Waals surface area contributed by atoms with Gasteiger partial charge in [0, 0.05) is 22.2 Å². The molecule has 1 atom stereocenters. The van der Waals surface area contributed by atoms with E-state index in [2.05, 4.69) is 34.3 Å². The summed E-state index contributed by atoms with van der Waals surface area (Å²) in [4.78, 5) is 20.2. The molecule has 0 amide bonds. The number of benzene rings is 1. The van der Waals surface area contributed by atoms with Gasteiger partial charge in [0.15, 0.2) is 0 Å². The quantitative estimate of drug-likeness (QED) is 0.566. The van der Waals surface area contributed by atoms with Crippen LogP contribution >= 0.6 is 0 Å². The van der Waals surface area contributed by atoms with Gasteiger partial charge in [-0.05, 0) is 31.4 Å². The Morgan fingerprint density at radius 3 is 2.91 bits per heavy atom. The van der Waals surface area contributed by atoms with Crippen LogP contribution in [0.3, 0.4) is 0 Å². The molecule has 0 spiro atoms. The fourth-order valence-corrected chi connectivity index (χ4v) is 3.42. The summed E-state index contributed by atoms with van der Waals surface area (Å²) in [7, 11) is 1.40. The van der Waals surface area contributed by atoms with Crippen LogP contribution in [0.15, 0.2) is 42.5 Å². The summed E-state index contributed by atoms with van der Waals surface area (Å²) in [5.74, 6) is -0.0510. The molecule has 4 rings (SSSR count). The van der Waals surface area contributed by atoms with Crippen molar-refractivity contribution < 1.29 is 9.53 Å². The Bertz CT molecular complexity index is 924. The van der Waals surface area contributed by atoms with Crippen LogP contribution in [-0.4, -0.2) is 23.0 Å². The number of ether oxygens (including phenoxy) is 1. The largest absolute Gasteiger partial charge is 0.464 e. The number of esters is 1. The van der Waals surface area contributed by atoms with Crippen molar-refractivity contribution >= 4 is 27.8 Å². The van der Waals surface area contributed by atoms with Gasteiger partial charge in [0.1, 0.15) is 5.69 Å². The number of methoxy groups -OCH3 is 1. The van der Waals surface area contributed by atoms with Crippen molar-refractivity contribution in [2.45, 2.75) is 25.2 Å². The first kappa shape index (κ1) is 14.0. The zero-order valence-corrected chi connectivity index (χ0v) is 13.0. The SMILES string of the molecule is COC(=O)c1cc2c([nH]c3ccccc32)c(C2CC=CCC2)n1. The first-order chi connectivity index (χ1) is 11.3. The number of fused-ring (bicyclic) bond motifs is 3.